The van der Waals surface area contributed by atoms with Gasteiger partial charge in [-0.05, 0) is 32.9 Å². The molecule has 21 heavy (non-hydrogen) atoms. The molecule has 0 saturated carbocycles. The summed E-state index contributed by atoms with van der Waals surface area (Å²) in [5.41, 5.74) is 1.25. The van der Waals surface area contributed by atoms with Crippen LogP contribution in [0.2, 0.25) is 0 Å². The number of methoxy groups -OCH3 is 1. The Kier molecular flexibility index (Phi) is 6.49. The van der Waals surface area contributed by atoms with E-state index in [0.717, 1.165) is 38.2 Å². The predicted octanol–water partition coefficient (Wildman–Crippen LogP) is 2.46. The molecular formula is C17H28N2O2. The third-order valence-corrected chi connectivity index (χ3v) is 4.25. The third-order valence-electron chi connectivity index (χ3n) is 4.25. The van der Waals surface area contributed by atoms with E-state index in [1.54, 1.807) is 0 Å². The Balaban J connectivity index is 2.00. The molecule has 0 amide bonds. The molecule has 1 atom stereocenters. The van der Waals surface area contributed by atoms with Crippen molar-refractivity contribution in [1.29, 1.82) is 0 Å². The first kappa shape index (κ1) is 16.3. The van der Waals surface area contributed by atoms with Gasteiger partial charge in [-0.3, -0.25) is 0 Å². The van der Waals surface area contributed by atoms with Crippen LogP contribution in [0.4, 0.5) is 0 Å². The number of piperidine rings is 1. The zero-order valence-electron chi connectivity index (χ0n) is 13.5. The van der Waals surface area contributed by atoms with Crippen molar-refractivity contribution < 1.29 is 9.47 Å². The van der Waals surface area contributed by atoms with Gasteiger partial charge in [0.15, 0.2) is 0 Å². The van der Waals surface area contributed by atoms with E-state index in [9.17, 15) is 0 Å². The Morgan fingerprint density at radius 1 is 1.29 bits per heavy atom. The number of nitrogens with one attached hydrogen (secondary N) is 1. The first-order chi connectivity index (χ1) is 10.3. The van der Waals surface area contributed by atoms with E-state index in [-0.39, 0.29) is 0 Å². The van der Waals surface area contributed by atoms with Crippen molar-refractivity contribution in [2.45, 2.75) is 31.9 Å². The number of ether oxygens (including phenoxy) is 2. The number of hydrogen-bond donors (Lipinski definition) is 1. The maximum absolute atomic E-state index is 5.76. The summed E-state index contributed by atoms with van der Waals surface area (Å²) in [6.07, 6.45) is 2.69. The number of likely N-dealkylation sites (tertiary alicyclic amines) is 1. The van der Waals surface area contributed by atoms with Crippen LogP contribution in [-0.2, 0) is 4.74 Å². The number of likely N-dealkylation sites (N-methyl/N-ethyl adjacent to an activating group) is 1. The SMILES string of the molecule is CCOc1ccccc1C(CN1CCC(OC)CC1)NC. The van der Waals surface area contributed by atoms with E-state index in [4.69, 9.17) is 9.47 Å². The molecule has 1 fully saturated rings. The smallest absolute Gasteiger partial charge is 0.124 e. The zero-order valence-corrected chi connectivity index (χ0v) is 13.5. The van der Waals surface area contributed by atoms with Crippen LogP contribution in [0.1, 0.15) is 31.4 Å². The van der Waals surface area contributed by atoms with E-state index in [2.05, 4.69) is 28.4 Å². The van der Waals surface area contributed by atoms with Gasteiger partial charge in [-0.15, -0.1) is 0 Å². The van der Waals surface area contributed by atoms with E-state index in [1.807, 2.05) is 27.1 Å². The first-order valence-electron chi connectivity index (χ1n) is 7.92. The highest BCUT2D eigenvalue weighted by atomic mass is 16.5. The van der Waals surface area contributed by atoms with Crippen molar-refractivity contribution in [3.8, 4) is 5.75 Å². The standard InChI is InChI=1S/C17H28N2O2/c1-4-21-17-8-6-5-7-15(17)16(18-2)13-19-11-9-14(20-3)10-12-19/h5-8,14,16,18H,4,9-13H2,1-3H3. The summed E-state index contributed by atoms with van der Waals surface area (Å²) in [6, 6.07) is 8.63. The number of benzene rings is 1. The molecule has 0 spiro atoms. The summed E-state index contributed by atoms with van der Waals surface area (Å²) >= 11 is 0. The Morgan fingerprint density at radius 3 is 2.62 bits per heavy atom. The molecular weight excluding hydrogens is 264 g/mol. The molecule has 1 aromatic carbocycles. The van der Waals surface area contributed by atoms with Crippen LogP contribution in [0.15, 0.2) is 24.3 Å². The van der Waals surface area contributed by atoms with Crippen molar-refractivity contribution in [3.63, 3.8) is 0 Å². The molecule has 1 N–H and O–H groups in total. The second-order valence-electron chi connectivity index (χ2n) is 5.55. The molecule has 1 aliphatic heterocycles. The summed E-state index contributed by atoms with van der Waals surface area (Å²) in [7, 11) is 3.84. The second-order valence-corrected chi connectivity index (χ2v) is 5.55. The lowest BCUT2D eigenvalue weighted by atomic mass is 10.0. The maximum Gasteiger partial charge on any atom is 0.124 e. The largest absolute Gasteiger partial charge is 0.494 e. The minimum Gasteiger partial charge on any atom is -0.494 e. The van der Waals surface area contributed by atoms with Crippen LogP contribution in [-0.4, -0.2) is 51.4 Å². The molecule has 0 aliphatic carbocycles. The quantitative estimate of drug-likeness (QED) is 0.837. The minimum absolute atomic E-state index is 0.298. The lowest BCUT2D eigenvalue weighted by molar-refractivity contribution is 0.0385. The summed E-state index contributed by atoms with van der Waals surface area (Å²) in [4.78, 5) is 2.51. The van der Waals surface area contributed by atoms with Gasteiger partial charge in [0.05, 0.1) is 12.7 Å². The Bertz CT molecular complexity index is 417. The molecule has 1 aliphatic rings. The van der Waals surface area contributed by atoms with Crippen LogP contribution < -0.4 is 10.1 Å². The van der Waals surface area contributed by atoms with Crippen molar-refractivity contribution in [3.05, 3.63) is 29.8 Å². The fraction of sp³-hybridized carbons (Fsp3) is 0.647. The van der Waals surface area contributed by atoms with E-state index in [1.165, 1.54) is 5.56 Å². The van der Waals surface area contributed by atoms with Gasteiger partial charge in [0.1, 0.15) is 5.75 Å². The second kappa shape index (κ2) is 8.37. The molecule has 4 nitrogen and oxygen atoms in total. The van der Waals surface area contributed by atoms with E-state index < -0.39 is 0 Å². The summed E-state index contributed by atoms with van der Waals surface area (Å²) in [5.74, 6) is 0.992. The van der Waals surface area contributed by atoms with E-state index >= 15 is 0 Å². The number of rotatable bonds is 7. The zero-order chi connectivity index (χ0) is 15.1. The molecule has 0 radical (unpaired) electrons. The topological polar surface area (TPSA) is 33.7 Å². The molecule has 1 aromatic rings. The highest BCUT2D eigenvalue weighted by Gasteiger charge is 2.22. The summed E-state index contributed by atoms with van der Waals surface area (Å²) in [5, 5.41) is 3.44. The monoisotopic (exact) mass is 292 g/mol. The highest BCUT2D eigenvalue weighted by Crippen LogP contribution is 2.26. The lowest BCUT2D eigenvalue weighted by Crippen LogP contribution is -2.41. The van der Waals surface area contributed by atoms with Crippen LogP contribution in [0.25, 0.3) is 0 Å². The van der Waals surface area contributed by atoms with Crippen LogP contribution in [0.5, 0.6) is 5.75 Å². The van der Waals surface area contributed by atoms with Crippen LogP contribution >= 0.6 is 0 Å². The molecule has 4 heteroatoms. The number of hydrogen-bond acceptors (Lipinski definition) is 4. The maximum atomic E-state index is 5.76. The third kappa shape index (κ3) is 4.43. The first-order valence-corrected chi connectivity index (χ1v) is 7.92. The number of para-hydroxylation sites is 1. The lowest BCUT2D eigenvalue weighted by Gasteiger charge is -2.34. The predicted molar refractivity (Wildman–Crippen MR) is 85.9 cm³/mol. The van der Waals surface area contributed by atoms with Crippen LogP contribution in [0, 0.1) is 0 Å². The fourth-order valence-corrected chi connectivity index (χ4v) is 2.99. The summed E-state index contributed by atoms with van der Waals surface area (Å²) in [6.45, 7) is 5.95. The summed E-state index contributed by atoms with van der Waals surface area (Å²) < 4.78 is 11.2. The van der Waals surface area contributed by atoms with Crippen molar-refractivity contribution in [1.82, 2.24) is 10.2 Å². The van der Waals surface area contributed by atoms with Gasteiger partial charge < -0.3 is 19.7 Å². The Morgan fingerprint density at radius 2 is 2.00 bits per heavy atom. The molecule has 1 unspecified atom stereocenters. The average molecular weight is 292 g/mol. The minimum atomic E-state index is 0.298. The average Bonchev–Trinajstić information content (AvgIpc) is 2.54. The van der Waals surface area contributed by atoms with Crippen molar-refractivity contribution in [2.75, 3.05) is 40.4 Å². The van der Waals surface area contributed by atoms with Gasteiger partial charge in [0.25, 0.3) is 0 Å². The fourth-order valence-electron chi connectivity index (χ4n) is 2.99. The van der Waals surface area contributed by atoms with Crippen molar-refractivity contribution in [2.24, 2.45) is 0 Å². The Labute approximate surface area is 128 Å². The van der Waals surface area contributed by atoms with Gasteiger partial charge in [0, 0.05) is 38.3 Å². The van der Waals surface area contributed by atoms with Gasteiger partial charge in [-0.25, -0.2) is 0 Å². The molecule has 1 heterocycles. The molecule has 0 aromatic heterocycles. The van der Waals surface area contributed by atoms with E-state index in [0.29, 0.717) is 18.8 Å². The Hall–Kier alpha value is -1.10. The highest BCUT2D eigenvalue weighted by molar-refractivity contribution is 5.36. The van der Waals surface area contributed by atoms with Gasteiger partial charge in [0.2, 0.25) is 0 Å². The normalized spacial score (nSPS) is 18.6. The number of nitrogens with zero attached hydrogens (tertiary/aromatic N) is 1. The van der Waals surface area contributed by atoms with Crippen molar-refractivity contribution >= 4 is 0 Å². The van der Waals surface area contributed by atoms with Gasteiger partial charge in [-0.2, -0.15) is 0 Å². The van der Waals surface area contributed by atoms with Gasteiger partial charge in [-0.1, -0.05) is 18.2 Å². The molecule has 1 saturated heterocycles. The van der Waals surface area contributed by atoms with Crippen LogP contribution in [0.3, 0.4) is 0 Å². The molecule has 2 rings (SSSR count). The molecule has 0 bridgehead atoms. The van der Waals surface area contributed by atoms with Gasteiger partial charge >= 0.3 is 0 Å². The molecule has 118 valence electrons.